The standard InChI is InChI=1S/C9H18O3/c1-4-7(10)5-9(2,3)6-8(11)12/h7,10H,4-6H2,1-3H3,(H,11,12). The monoisotopic (exact) mass is 174 g/mol. The van der Waals surface area contributed by atoms with Crippen LogP contribution in [0, 0.1) is 5.41 Å². The lowest BCUT2D eigenvalue weighted by Crippen LogP contribution is -2.23. The molecular weight excluding hydrogens is 156 g/mol. The lowest BCUT2D eigenvalue weighted by Gasteiger charge is -2.24. The Bertz CT molecular complexity index is 152. The Kier molecular flexibility index (Phi) is 4.24. The number of aliphatic hydroxyl groups excluding tert-OH is 1. The summed E-state index contributed by atoms with van der Waals surface area (Å²) in [6.45, 7) is 5.61. The van der Waals surface area contributed by atoms with Gasteiger partial charge in [0.1, 0.15) is 0 Å². The van der Waals surface area contributed by atoms with Crippen LogP contribution >= 0.6 is 0 Å². The van der Waals surface area contributed by atoms with E-state index in [0.717, 1.165) is 0 Å². The minimum atomic E-state index is -0.802. The van der Waals surface area contributed by atoms with Crippen LogP contribution in [0.1, 0.15) is 40.0 Å². The summed E-state index contributed by atoms with van der Waals surface area (Å²) < 4.78 is 0. The number of rotatable bonds is 5. The molecule has 0 saturated heterocycles. The highest BCUT2D eigenvalue weighted by molar-refractivity contribution is 5.67. The molecule has 0 spiro atoms. The third-order valence-corrected chi connectivity index (χ3v) is 1.89. The van der Waals surface area contributed by atoms with Gasteiger partial charge in [0, 0.05) is 0 Å². The molecule has 3 heteroatoms. The highest BCUT2D eigenvalue weighted by atomic mass is 16.4. The summed E-state index contributed by atoms with van der Waals surface area (Å²) in [6, 6.07) is 0. The maximum Gasteiger partial charge on any atom is 0.303 e. The molecule has 1 atom stereocenters. The molecule has 0 aromatic carbocycles. The van der Waals surface area contributed by atoms with E-state index in [-0.39, 0.29) is 17.9 Å². The number of aliphatic carboxylic acids is 1. The van der Waals surface area contributed by atoms with Gasteiger partial charge >= 0.3 is 5.97 Å². The van der Waals surface area contributed by atoms with Crippen molar-refractivity contribution in [3.8, 4) is 0 Å². The highest BCUT2D eigenvalue weighted by Crippen LogP contribution is 2.27. The molecule has 0 aliphatic heterocycles. The second-order valence-electron chi connectivity index (χ2n) is 4.00. The van der Waals surface area contributed by atoms with Gasteiger partial charge in [0.25, 0.3) is 0 Å². The molecule has 2 N–H and O–H groups in total. The number of aliphatic hydroxyl groups is 1. The van der Waals surface area contributed by atoms with E-state index >= 15 is 0 Å². The van der Waals surface area contributed by atoms with E-state index in [1.165, 1.54) is 0 Å². The van der Waals surface area contributed by atoms with E-state index in [9.17, 15) is 9.90 Å². The molecule has 0 amide bonds. The number of carboxylic acid groups (broad SMARTS) is 1. The topological polar surface area (TPSA) is 57.5 Å². The summed E-state index contributed by atoms with van der Waals surface area (Å²) in [5.41, 5.74) is -0.304. The van der Waals surface area contributed by atoms with Gasteiger partial charge in [0.2, 0.25) is 0 Å². The third-order valence-electron chi connectivity index (χ3n) is 1.89. The van der Waals surface area contributed by atoms with Crippen LogP contribution < -0.4 is 0 Å². The molecule has 72 valence electrons. The summed E-state index contributed by atoms with van der Waals surface area (Å²) in [5, 5.41) is 17.9. The number of hydrogen-bond acceptors (Lipinski definition) is 2. The van der Waals surface area contributed by atoms with Crippen LogP contribution in [0.5, 0.6) is 0 Å². The van der Waals surface area contributed by atoms with Crippen molar-refractivity contribution in [3.63, 3.8) is 0 Å². The fraction of sp³-hybridized carbons (Fsp3) is 0.889. The van der Waals surface area contributed by atoms with E-state index in [1.807, 2.05) is 20.8 Å². The van der Waals surface area contributed by atoms with Crippen molar-refractivity contribution in [2.45, 2.75) is 46.1 Å². The first kappa shape index (κ1) is 11.4. The fourth-order valence-electron chi connectivity index (χ4n) is 1.26. The van der Waals surface area contributed by atoms with Gasteiger partial charge in [-0.1, -0.05) is 20.8 Å². The molecule has 0 bridgehead atoms. The molecule has 1 unspecified atom stereocenters. The van der Waals surface area contributed by atoms with Gasteiger partial charge in [-0.15, -0.1) is 0 Å². The van der Waals surface area contributed by atoms with E-state index in [0.29, 0.717) is 12.8 Å². The average molecular weight is 174 g/mol. The second-order valence-corrected chi connectivity index (χ2v) is 4.00. The first-order chi connectivity index (χ1) is 5.37. The first-order valence-corrected chi connectivity index (χ1v) is 4.27. The number of carboxylic acids is 1. The second kappa shape index (κ2) is 4.45. The summed E-state index contributed by atoms with van der Waals surface area (Å²) >= 11 is 0. The maximum atomic E-state index is 10.4. The van der Waals surface area contributed by atoms with Crippen LogP contribution in [0.4, 0.5) is 0 Å². The van der Waals surface area contributed by atoms with Crippen molar-refractivity contribution >= 4 is 5.97 Å². The van der Waals surface area contributed by atoms with Crippen molar-refractivity contribution in [3.05, 3.63) is 0 Å². The molecule has 3 nitrogen and oxygen atoms in total. The van der Waals surface area contributed by atoms with E-state index in [1.54, 1.807) is 0 Å². The zero-order valence-electron chi connectivity index (χ0n) is 8.00. The quantitative estimate of drug-likeness (QED) is 0.666. The Balaban J connectivity index is 3.94. The fourth-order valence-corrected chi connectivity index (χ4v) is 1.26. The van der Waals surface area contributed by atoms with Crippen LogP contribution in [0.15, 0.2) is 0 Å². The van der Waals surface area contributed by atoms with Gasteiger partial charge < -0.3 is 10.2 Å². The molecule has 0 aliphatic rings. The molecule has 0 aromatic heterocycles. The third kappa shape index (κ3) is 5.13. The van der Waals surface area contributed by atoms with E-state index in [4.69, 9.17) is 5.11 Å². The molecule has 0 aliphatic carbocycles. The predicted molar refractivity (Wildman–Crippen MR) is 46.9 cm³/mol. The molecular formula is C9H18O3. The van der Waals surface area contributed by atoms with Crippen molar-refractivity contribution < 1.29 is 15.0 Å². The highest BCUT2D eigenvalue weighted by Gasteiger charge is 2.24. The van der Waals surface area contributed by atoms with Crippen LogP contribution in [-0.4, -0.2) is 22.3 Å². The Labute approximate surface area is 73.4 Å². The Morgan fingerprint density at radius 2 is 2.00 bits per heavy atom. The van der Waals surface area contributed by atoms with Crippen LogP contribution in [-0.2, 0) is 4.79 Å². The largest absolute Gasteiger partial charge is 0.481 e. The Morgan fingerprint density at radius 1 is 1.50 bits per heavy atom. The van der Waals surface area contributed by atoms with Crippen molar-refractivity contribution in [1.29, 1.82) is 0 Å². The number of carbonyl (C=O) groups is 1. The summed E-state index contributed by atoms with van der Waals surface area (Å²) in [6.07, 6.45) is 0.975. The van der Waals surface area contributed by atoms with Crippen LogP contribution in [0.3, 0.4) is 0 Å². The van der Waals surface area contributed by atoms with Crippen molar-refractivity contribution in [1.82, 2.24) is 0 Å². The lowest BCUT2D eigenvalue weighted by molar-refractivity contribution is -0.139. The molecule has 0 heterocycles. The molecule has 0 saturated carbocycles. The summed E-state index contributed by atoms with van der Waals surface area (Å²) in [4.78, 5) is 10.4. The van der Waals surface area contributed by atoms with Crippen LogP contribution in [0.2, 0.25) is 0 Å². The first-order valence-electron chi connectivity index (χ1n) is 4.27. The van der Waals surface area contributed by atoms with Gasteiger partial charge in [-0.25, -0.2) is 0 Å². The molecule has 0 rings (SSSR count). The average Bonchev–Trinajstić information content (AvgIpc) is 1.83. The SMILES string of the molecule is CCC(O)CC(C)(C)CC(=O)O. The molecule has 0 aromatic rings. The van der Waals surface area contributed by atoms with Crippen LogP contribution in [0.25, 0.3) is 0 Å². The normalized spacial score (nSPS) is 14.3. The predicted octanol–water partition coefficient (Wildman–Crippen LogP) is 1.65. The van der Waals surface area contributed by atoms with E-state index in [2.05, 4.69) is 0 Å². The summed E-state index contributed by atoms with van der Waals surface area (Å²) in [7, 11) is 0. The Hall–Kier alpha value is -0.570. The van der Waals surface area contributed by atoms with Crippen molar-refractivity contribution in [2.75, 3.05) is 0 Å². The van der Waals surface area contributed by atoms with Gasteiger partial charge in [-0.05, 0) is 18.3 Å². The zero-order chi connectivity index (χ0) is 9.78. The lowest BCUT2D eigenvalue weighted by atomic mass is 9.83. The molecule has 12 heavy (non-hydrogen) atoms. The van der Waals surface area contributed by atoms with Crippen molar-refractivity contribution in [2.24, 2.45) is 5.41 Å². The zero-order valence-corrected chi connectivity index (χ0v) is 8.00. The van der Waals surface area contributed by atoms with Gasteiger partial charge in [-0.2, -0.15) is 0 Å². The van der Waals surface area contributed by atoms with Gasteiger partial charge in [0.05, 0.1) is 12.5 Å². The minimum absolute atomic E-state index is 0.115. The molecule has 0 radical (unpaired) electrons. The Morgan fingerprint density at radius 3 is 2.33 bits per heavy atom. The molecule has 0 fully saturated rings. The summed E-state index contributed by atoms with van der Waals surface area (Å²) in [5.74, 6) is -0.802. The van der Waals surface area contributed by atoms with Gasteiger partial charge in [0.15, 0.2) is 0 Å². The maximum absolute atomic E-state index is 10.4. The minimum Gasteiger partial charge on any atom is -0.481 e. The smallest absolute Gasteiger partial charge is 0.303 e. The van der Waals surface area contributed by atoms with E-state index < -0.39 is 5.97 Å². The number of hydrogen-bond donors (Lipinski definition) is 2. The van der Waals surface area contributed by atoms with Gasteiger partial charge in [-0.3, -0.25) is 4.79 Å².